The second kappa shape index (κ2) is 7.34. The molecule has 8 heteroatoms. The van der Waals surface area contributed by atoms with Crippen molar-refractivity contribution >= 4 is 58.6 Å². The van der Waals surface area contributed by atoms with Gasteiger partial charge in [-0.15, -0.1) is 11.8 Å². The summed E-state index contributed by atoms with van der Waals surface area (Å²) >= 11 is 14.8. The molecule has 0 spiro atoms. The van der Waals surface area contributed by atoms with E-state index >= 15 is 0 Å². The van der Waals surface area contributed by atoms with Crippen LogP contribution < -0.4 is 5.32 Å². The molecule has 120 valence electrons. The van der Waals surface area contributed by atoms with E-state index in [1.807, 2.05) is 0 Å². The summed E-state index contributed by atoms with van der Waals surface area (Å²) in [7, 11) is 0. The van der Waals surface area contributed by atoms with Crippen molar-refractivity contribution in [3.05, 3.63) is 28.2 Å². The van der Waals surface area contributed by atoms with Gasteiger partial charge in [-0.2, -0.15) is 11.8 Å². The number of amides is 1. The van der Waals surface area contributed by atoms with Crippen LogP contribution in [0.4, 0.5) is 0 Å². The van der Waals surface area contributed by atoms with E-state index in [0.717, 1.165) is 5.75 Å². The van der Waals surface area contributed by atoms with Crippen molar-refractivity contribution in [2.45, 2.75) is 29.0 Å². The zero-order chi connectivity index (χ0) is 16.3. The van der Waals surface area contributed by atoms with Crippen LogP contribution in [0.5, 0.6) is 0 Å². The lowest BCUT2D eigenvalue weighted by Gasteiger charge is -2.26. The summed E-state index contributed by atoms with van der Waals surface area (Å²) in [6.07, 6.45) is 0.439. The van der Waals surface area contributed by atoms with E-state index in [1.54, 1.807) is 25.1 Å². The summed E-state index contributed by atoms with van der Waals surface area (Å²) in [5.74, 6) is -0.174. The van der Waals surface area contributed by atoms with Gasteiger partial charge >= 0.3 is 5.97 Å². The maximum atomic E-state index is 12.3. The minimum atomic E-state index is -1.16. The molecule has 1 aliphatic heterocycles. The highest BCUT2D eigenvalue weighted by molar-refractivity contribution is 8.00. The molecule has 0 bridgehead atoms. The normalized spacial score (nSPS) is 22.3. The first-order valence-corrected chi connectivity index (χ1v) is 9.38. The number of hydrogen-bond donors (Lipinski definition) is 2. The first kappa shape index (κ1) is 17.8. The second-order valence-electron chi connectivity index (χ2n) is 5.01. The van der Waals surface area contributed by atoms with Gasteiger partial charge in [0, 0.05) is 15.7 Å². The number of carboxylic acid groups (broad SMARTS) is 1. The predicted molar refractivity (Wildman–Crippen MR) is 92.2 cm³/mol. The number of thioether (sulfide) groups is 2. The predicted octanol–water partition coefficient (Wildman–Crippen LogP) is 3.55. The fraction of sp³-hybridized carbons (Fsp3) is 0.429. The molecular weight excluding hydrogens is 365 g/mol. The Labute approximate surface area is 147 Å². The topological polar surface area (TPSA) is 66.4 Å². The molecule has 2 N–H and O–H groups in total. The average Bonchev–Trinajstić information content (AvgIpc) is 2.92. The molecule has 0 aliphatic carbocycles. The summed E-state index contributed by atoms with van der Waals surface area (Å²) in [4.78, 5) is 24.5. The van der Waals surface area contributed by atoms with Gasteiger partial charge in [-0.3, -0.25) is 4.79 Å². The lowest BCUT2D eigenvalue weighted by atomic mass is 9.99. The van der Waals surface area contributed by atoms with Crippen molar-refractivity contribution in [1.82, 2.24) is 5.32 Å². The Hall–Kier alpha value is -0.560. The Morgan fingerprint density at radius 3 is 2.77 bits per heavy atom. The van der Waals surface area contributed by atoms with E-state index in [2.05, 4.69) is 5.32 Å². The number of aliphatic carboxylic acids is 1. The third-order valence-corrected chi connectivity index (χ3v) is 6.39. The van der Waals surface area contributed by atoms with E-state index < -0.39 is 16.8 Å². The molecule has 0 radical (unpaired) electrons. The molecule has 1 aromatic rings. The zero-order valence-corrected chi connectivity index (χ0v) is 14.9. The quantitative estimate of drug-likeness (QED) is 0.765. The van der Waals surface area contributed by atoms with Crippen LogP contribution in [0.3, 0.4) is 0 Å². The molecule has 1 aliphatic rings. The van der Waals surface area contributed by atoms with E-state index in [1.165, 1.54) is 23.5 Å². The largest absolute Gasteiger partial charge is 0.479 e. The molecular formula is C14H15Cl2NO3S2. The summed E-state index contributed by atoms with van der Waals surface area (Å²) in [5.41, 5.74) is -1.16. The lowest BCUT2D eigenvalue weighted by Crippen LogP contribution is -2.56. The van der Waals surface area contributed by atoms with Crippen LogP contribution in [0.2, 0.25) is 10.0 Å². The molecule has 0 aromatic heterocycles. The second-order valence-corrected chi connectivity index (χ2v) is 8.35. The van der Waals surface area contributed by atoms with Gasteiger partial charge in [0.2, 0.25) is 5.91 Å². The van der Waals surface area contributed by atoms with Crippen LogP contribution >= 0.6 is 46.7 Å². The number of nitrogens with one attached hydrogen (secondary N) is 1. The number of carbonyl (C=O) groups is 2. The highest BCUT2D eigenvalue weighted by atomic mass is 35.5. The highest BCUT2D eigenvalue weighted by Gasteiger charge is 2.43. The van der Waals surface area contributed by atoms with Crippen molar-refractivity contribution < 1.29 is 14.7 Å². The van der Waals surface area contributed by atoms with Gasteiger partial charge < -0.3 is 10.4 Å². The van der Waals surface area contributed by atoms with Gasteiger partial charge in [0.1, 0.15) is 5.54 Å². The van der Waals surface area contributed by atoms with Crippen molar-refractivity contribution in [1.29, 1.82) is 0 Å². The van der Waals surface area contributed by atoms with Gasteiger partial charge in [-0.1, -0.05) is 23.2 Å². The van der Waals surface area contributed by atoms with Crippen molar-refractivity contribution in [2.75, 3.05) is 11.5 Å². The molecule has 1 heterocycles. The molecule has 1 aromatic carbocycles. The Morgan fingerprint density at radius 2 is 2.18 bits per heavy atom. The van der Waals surface area contributed by atoms with E-state index in [-0.39, 0.29) is 5.91 Å². The summed E-state index contributed by atoms with van der Waals surface area (Å²) in [6, 6.07) is 5.04. The number of benzene rings is 1. The lowest BCUT2D eigenvalue weighted by molar-refractivity contribution is -0.146. The minimum Gasteiger partial charge on any atom is -0.479 e. The van der Waals surface area contributed by atoms with E-state index in [0.29, 0.717) is 27.1 Å². The standard InChI is InChI=1S/C14H15Cl2NO3S2/c1-8(22-11-6-9(15)2-3-10(11)16)12(18)17-14(13(19)20)4-5-21-7-14/h2-3,6,8H,4-5,7H2,1H3,(H,17,18)(H,19,20). The maximum absolute atomic E-state index is 12.3. The first-order valence-electron chi connectivity index (χ1n) is 6.59. The zero-order valence-electron chi connectivity index (χ0n) is 11.8. The minimum absolute atomic E-state index is 0.314. The Balaban J connectivity index is 2.06. The molecule has 1 fully saturated rings. The van der Waals surface area contributed by atoms with Crippen LogP contribution in [-0.4, -0.2) is 39.3 Å². The van der Waals surface area contributed by atoms with E-state index in [9.17, 15) is 14.7 Å². The first-order chi connectivity index (χ1) is 10.3. The average molecular weight is 380 g/mol. The van der Waals surface area contributed by atoms with Crippen LogP contribution in [0.1, 0.15) is 13.3 Å². The third-order valence-electron chi connectivity index (χ3n) is 3.36. The molecule has 1 saturated heterocycles. The molecule has 22 heavy (non-hydrogen) atoms. The number of hydrogen-bond acceptors (Lipinski definition) is 4. The van der Waals surface area contributed by atoms with Crippen LogP contribution in [0.15, 0.2) is 23.1 Å². The Kier molecular flexibility index (Phi) is 5.94. The Bertz CT molecular complexity index is 591. The fourth-order valence-corrected chi connectivity index (χ4v) is 4.77. The molecule has 2 unspecified atom stereocenters. The van der Waals surface area contributed by atoms with Gasteiger partial charge in [-0.25, -0.2) is 4.79 Å². The van der Waals surface area contributed by atoms with Gasteiger partial charge in [0.05, 0.1) is 10.3 Å². The van der Waals surface area contributed by atoms with E-state index in [4.69, 9.17) is 23.2 Å². The van der Waals surface area contributed by atoms with Crippen LogP contribution in [0.25, 0.3) is 0 Å². The number of carboxylic acids is 1. The number of rotatable bonds is 5. The summed E-state index contributed by atoms with van der Waals surface area (Å²) < 4.78 is 0. The third kappa shape index (κ3) is 4.04. The number of halogens is 2. The summed E-state index contributed by atoms with van der Waals surface area (Å²) in [6.45, 7) is 1.72. The molecule has 2 atom stereocenters. The smallest absolute Gasteiger partial charge is 0.330 e. The molecule has 0 saturated carbocycles. The van der Waals surface area contributed by atoms with Gasteiger partial charge in [-0.05, 0) is 37.3 Å². The van der Waals surface area contributed by atoms with Gasteiger partial charge in [0.25, 0.3) is 0 Å². The Morgan fingerprint density at radius 1 is 1.45 bits per heavy atom. The molecule has 4 nitrogen and oxygen atoms in total. The highest BCUT2D eigenvalue weighted by Crippen LogP contribution is 2.34. The summed E-state index contributed by atoms with van der Waals surface area (Å²) in [5, 5.41) is 12.7. The maximum Gasteiger partial charge on any atom is 0.330 e. The van der Waals surface area contributed by atoms with Crippen molar-refractivity contribution in [3.63, 3.8) is 0 Å². The van der Waals surface area contributed by atoms with Crippen LogP contribution in [0, 0.1) is 0 Å². The van der Waals surface area contributed by atoms with Crippen LogP contribution in [-0.2, 0) is 9.59 Å². The van der Waals surface area contributed by atoms with Crippen molar-refractivity contribution in [2.24, 2.45) is 0 Å². The fourth-order valence-electron chi connectivity index (χ4n) is 2.03. The molecule has 2 rings (SSSR count). The van der Waals surface area contributed by atoms with Crippen molar-refractivity contribution in [3.8, 4) is 0 Å². The molecule has 1 amide bonds. The monoisotopic (exact) mass is 379 g/mol. The number of carbonyl (C=O) groups excluding carboxylic acids is 1. The van der Waals surface area contributed by atoms with Gasteiger partial charge in [0.15, 0.2) is 0 Å². The SMILES string of the molecule is CC(Sc1cc(Cl)ccc1Cl)C(=O)NC1(C(=O)O)CCSC1.